The van der Waals surface area contributed by atoms with E-state index in [0.29, 0.717) is 17.2 Å². The molecule has 1 rings (SSSR count). The van der Waals surface area contributed by atoms with E-state index in [0.717, 1.165) is 31.6 Å². The highest BCUT2D eigenvalue weighted by Gasteiger charge is 2.22. The minimum Gasteiger partial charge on any atom is -0.448 e. The van der Waals surface area contributed by atoms with Crippen molar-refractivity contribution >= 4 is 11.6 Å². The van der Waals surface area contributed by atoms with Crippen molar-refractivity contribution in [1.82, 2.24) is 5.32 Å². The summed E-state index contributed by atoms with van der Waals surface area (Å²) in [5.74, 6) is 1.57. The number of nitrogens with one attached hydrogen (secondary N) is 1. The summed E-state index contributed by atoms with van der Waals surface area (Å²) in [6, 6.07) is 4.09. The standard InChI is InChI=1S/C13H22ClNO/c1-4-9-15-13(10(5-2)6-3)11-7-8-12(14)16-11/h7-8,10,13,15H,4-6,9H2,1-3H3. The molecular weight excluding hydrogens is 222 g/mol. The van der Waals surface area contributed by atoms with E-state index < -0.39 is 0 Å². The third-order valence-corrected chi connectivity index (χ3v) is 3.24. The Morgan fingerprint density at radius 3 is 2.38 bits per heavy atom. The summed E-state index contributed by atoms with van der Waals surface area (Å²) in [4.78, 5) is 0. The van der Waals surface area contributed by atoms with Crippen LogP contribution in [0.2, 0.25) is 5.22 Å². The average Bonchev–Trinajstić information content (AvgIpc) is 2.71. The highest BCUT2D eigenvalue weighted by Crippen LogP contribution is 2.29. The summed E-state index contributed by atoms with van der Waals surface area (Å²) in [5.41, 5.74) is 0. The fourth-order valence-corrected chi connectivity index (χ4v) is 2.21. The topological polar surface area (TPSA) is 25.2 Å². The van der Waals surface area contributed by atoms with Crippen LogP contribution < -0.4 is 5.32 Å². The van der Waals surface area contributed by atoms with Crippen LogP contribution in [0.15, 0.2) is 16.5 Å². The molecule has 0 spiro atoms. The summed E-state index contributed by atoms with van der Waals surface area (Å²) < 4.78 is 5.53. The summed E-state index contributed by atoms with van der Waals surface area (Å²) in [5, 5.41) is 4.02. The van der Waals surface area contributed by atoms with E-state index in [1.165, 1.54) is 0 Å². The minimum atomic E-state index is 0.294. The molecule has 0 aliphatic heterocycles. The molecule has 0 saturated carbocycles. The smallest absolute Gasteiger partial charge is 0.193 e. The van der Waals surface area contributed by atoms with E-state index in [1.54, 1.807) is 0 Å². The van der Waals surface area contributed by atoms with Crippen LogP contribution >= 0.6 is 11.6 Å². The third-order valence-electron chi connectivity index (χ3n) is 3.03. The van der Waals surface area contributed by atoms with Crippen LogP contribution in [0.3, 0.4) is 0 Å². The van der Waals surface area contributed by atoms with Crippen molar-refractivity contribution in [3.63, 3.8) is 0 Å². The second kappa shape index (κ2) is 6.97. The number of hydrogen-bond donors (Lipinski definition) is 1. The van der Waals surface area contributed by atoms with E-state index in [1.807, 2.05) is 12.1 Å². The lowest BCUT2D eigenvalue weighted by molar-refractivity contribution is 0.295. The van der Waals surface area contributed by atoms with Crippen molar-refractivity contribution in [3.05, 3.63) is 23.1 Å². The Kier molecular flexibility index (Phi) is 5.93. The Balaban J connectivity index is 2.77. The van der Waals surface area contributed by atoms with Crippen molar-refractivity contribution in [1.29, 1.82) is 0 Å². The van der Waals surface area contributed by atoms with E-state index in [9.17, 15) is 0 Å². The molecule has 0 bridgehead atoms. The van der Waals surface area contributed by atoms with Crippen molar-refractivity contribution in [2.75, 3.05) is 6.54 Å². The van der Waals surface area contributed by atoms with Crippen LogP contribution in [-0.4, -0.2) is 6.54 Å². The highest BCUT2D eigenvalue weighted by atomic mass is 35.5. The number of hydrogen-bond acceptors (Lipinski definition) is 2. The molecule has 16 heavy (non-hydrogen) atoms. The van der Waals surface area contributed by atoms with Crippen molar-refractivity contribution in [2.45, 2.75) is 46.1 Å². The van der Waals surface area contributed by atoms with Crippen LogP contribution in [0.25, 0.3) is 0 Å². The highest BCUT2D eigenvalue weighted by molar-refractivity contribution is 6.28. The number of halogens is 1. The van der Waals surface area contributed by atoms with Gasteiger partial charge in [0.2, 0.25) is 0 Å². The fraction of sp³-hybridized carbons (Fsp3) is 0.692. The first-order valence-corrected chi connectivity index (χ1v) is 6.59. The van der Waals surface area contributed by atoms with Gasteiger partial charge in [-0.05, 0) is 42.6 Å². The zero-order valence-electron chi connectivity index (χ0n) is 10.4. The molecule has 0 aliphatic carbocycles. The Bertz CT molecular complexity index is 294. The second-order valence-electron chi connectivity index (χ2n) is 4.15. The van der Waals surface area contributed by atoms with Crippen molar-refractivity contribution in [2.24, 2.45) is 5.92 Å². The molecule has 0 radical (unpaired) electrons. The maximum atomic E-state index is 5.84. The zero-order valence-corrected chi connectivity index (χ0v) is 11.2. The van der Waals surface area contributed by atoms with Gasteiger partial charge in [0, 0.05) is 0 Å². The number of rotatable bonds is 7. The molecule has 1 N–H and O–H groups in total. The van der Waals surface area contributed by atoms with Crippen LogP contribution in [-0.2, 0) is 0 Å². The summed E-state index contributed by atoms with van der Waals surface area (Å²) >= 11 is 5.84. The SMILES string of the molecule is CCCNC(c1ccc(Cl)o1)C(CC)CC. The normalized spacial score (nSPS) is 13.3. The van der Waals surface area contributed by atoms with Gasteiger partial charge in [0.25, 0.3) is 0 Å². The van der Waals surface area contributed by atoms with Gasteiger partial charge in [-0.15, -0.1) is 0 Å². The van der Waals surface area contributed by atoms with Crippen LogP contribution in [0, 0.1) is 5.92 Å². The first-order chi connectivity index (χ1) is 7.72. The largest absolute Gasteiger partial charge is 0.448 e. The van der Waals surface area contributed by atoms with Gasteiger partial charge >= 0.3 is 0 Å². The van der Waals surface area contributed by atoms with E-state index in [-0.39, 0.29) is 0 Å². The molecule has 1 heterocycles. The van der Waals surface area contributed by atoms with Crippen molar-refractivity contribution in [3.8, 4) is 0 Å². The molecule has 0 aliphatic rings. The van der Waals surface area contributed by atoms with E-state index in [4.69, 9.17) is 16.0 Å². The minimum absolute atomic E-state index is 0.294. The lowest BCUT2D eigenvalue weighted by Crippen LogP contribution is -2.28. The molecule has 1 unspecified atom stereocenters. The number of furan rings is 1. The molecule has 0 amide bonds. The van der Waals surface area contributed by atoms with Gasteiger partial charge in [0.05, 0.1) is 6.04 Å². The second-order valence-corrected chi connectivity index (χ2v) is 4.52. The zero-order chi connectivity index (χ0) is 12.0. The van der Waals surface area contributed by atoms with Crippen LogP contribution in [0.4, 0.5) is 0 Å². The van der Waals surface area contributed by atoms with Gasteiger partial charge in [-0.25, -0.2) is 0 Å². The Morgan fingerprint density at radius 2 is 1.94 bits per heavy atom. The van der Waals surface area contributed by atoms with Gasteiger partial charge in [-0.3, -0.25) is 0 Å². The monoisotopic (exact) mass is 243 g/mol. The van der Waals surface area contributed by atoms with Gasteiger partial charge in [-0.2, -0.15) is 0 Å². The van der Waals surface area contributed by atoms with E-state index in [2.05, 4.69) is 26.1 Å². The molecule has 1 aromatic heterocycles. The molecule has 3 heteroatoms. The van der Waals surface area contributed by atoms with Gasteiger partial charge in [0.15, 0.2) is 5.22 Å². The molecule has 0 fully saturated rings. The molecule has 1 atom stereocenters. The van der Waals surface area contributed by atoms with Gasteiger partial charge in [0.1, 0.15) is 5.76 Å². The molecule has 0 saturated heterocycles. The molecule has 1 aromatic rings. The van der Waals surface area contributed by atoms with Gasteiger partial charge in [-0.1, -0.05) is 33.6 Å². The van der Waals surface area contributed by atoms with Crippen molar-refractivity contribution < 1.29 is 4.42 Å². The Labute approximate surface area is 103 Å². The van der Waals surface area contributed by atoms with E-state index >= 15 is 0 Å². The average molecular weight is 244 g/mol. The maximum absolute atomic E-state index is 5.84. The predicted octanol–water partition coefficient (Wildman–Crippen LogP) is 4.41. The quantitative estimate of drug-likeness (QED) is 0.768. The molecular formula is C13H22ClNO. The van der Waals surface area contributed by atoms with Crippen LogP contribution in [0.1, 0.15) is 51.8 Å². The Hall–Kier alpha value is -0.470. The maximum Gasteiger partial charge on any atom is 0.193 e. The fourth-order valence-electron chi connectivity index (χ4n) is 2.05. The summed E-state index contributed by atoms with van der Waals surface area (Å²) in [7, 11) is 0. The third kappa shape index (κ3) is 3.53. The molecule has 0 aromatic carbocycles. The summed E-state index contributed by atoms with van der Waals surface area (Å²) in [6.45, 7) is 7.63. The molecule has 92 valence electrons. The summed E-state index contributed by atoms with van der Waals surface area (Å²) in [6.07, 6.45) is 3.43. The first kappa shape index (κ1) is 13.6. The lowest BCUT2D eigenvalue weighted by Gasteiger charge is -2.24. The van der Waals surface area contributed by atoms with Crippen LogP contribution in [0.5, 0.6) is 0 Å². The first-order valence-electron chi connectivity index (χ1n) is 6.21. The molecule has 2 nitrogen and oxygen atoms in total. The predicted molar refractivity (Wildman–Crippen MR) is 68.8 cm³/mol. The lowest BCUT2D eigenvalue weighted by atomic mass is 9.92. The van der Waals surface area contributed by atoms with Gasteiger partial charge < -0.3 is 9.73 Å². The Morgan fingerprint density at radius 1 is 1.25 bits per heavy atom.